The first kappa shape index (κ1) is 11.2. The molecule has 2 nitrogen and oxygen atoms in total. The maximum Gasteiger partial charge on any atom is 0.104 e. The Kier molecular flexibility index (Phi) is 4.64. The molecule has 0 aromatic carbocycles. The molecule has 0 aliphatic carbocycles. The first-order valence-electron chi connectivity index (χ1n) is 4.47. The fourth-order valence-corrected chi connectivity index (χ4v) is 0.568. The summed E-state index contributed by atoms with van der Waals surface area (Å²) in [5.74, 6) is 0.690. The van der Waals surface area contributed by atoms with Crippen LogP contribution in [0, 0.1) is 5.41 Å². The predicted octanol–water partition coefficient (Wildman–Crippen LogP) is 2.70. The molecule has 0 saturated carbocycles. The lowest BCUT2D eigenvalue weighted by molar-refractivity contribution is 0.585. The van der Waals surface area contributed by atoms with Crippen LogP contribution < -0.4 is 5.73 Å². The monoisotopic (exact) mass is 168 g/mol. The fraction of sp³-hybridized carbons (Fsp3) is 0.700. The van der Waals surface area contributed by atoms with Crippen molar-refractivity contribution < 1.29 is 0 Å². The van der Waals surface area contributed by atoms with Gasteiger partial charge in [0.25, 0.3) is 0 Å². The van der Waals surface area contributed by atoms with Gasteiger partial charge >= 0.3 is 0 Å². The van der Waals surface area contributed by atoms with Crippen molar-refractivity contribution in [3.63, 3.8) is 0 Å². The van der Waals surface area contributed by atoms with Crippen molar-refractivity contribution in [2.75, 3.05) is 0 Å². The number of nitrogens with zero attached hydrogens (tertiary/aromatic N) is 1. The summed E-state index contributed by atoms with van der Waals surface area (Å²) in [6.45, 7) is 8.31. The third-order valence-electron chi connectivity index (χ3n) is 1.54. The van der Waals surface area contributed by atoms with Crippen molar-refractivity contribution in [2.24, 2.45) is 16.1 Å². The molecule has 0 rings (SSSR count). The summed E-state index contributed by atoms with van der Waals surface area (Å²) in [6.07, 6.45) is 6.06. The summed E-state index contributed by atoms with van der Waals surface area (Å²) in [6, 6.07) is 0. The van der Waals surface area contributed by atoms with E-state index >= 15 is 0 Å². The molecule has 0 heterocycles. The number of rotatable bonds is 3. The van der Waals surface area contributed by atoms with Gasteiger partial charge < -0.3 is 5.73 Å². The van der Waals surface area contributed by atoms with Crippen molar-refractivity contribution in [3.8, 4) is 0 Å². The van der Waals surface area contributed by atoms with Gasteiger partial charge in [0.15, 0.2) is 0 Å². The average molecular weight is 168 g/mol. The number of allylic oxidation sites excluding steroid dienone is 1. The van der Waals surface area contributed by atoms with E-state index in [-0.39, 0.29) is 5.41 Å². The first-order chi connectivity index (χ1) is 5.48. The quantitative estimate of drug-likeness (QED) is 0.510. The molecule has 0 radical (unpaired) electrons. The zero-order chi connectivity index (χ0) is 9.61. The van der Waals surface area contributed by atoms with E-state index in [2.05, 4.69) is 32.7 Å². The average Bonchev–Trinajstić information content (AvgIpc) is 1.96. The highest BCUT2D eigenvalue weighted by molar-refractivity contribution is 5.85. The van der Waals surface area contributed by atoms with Gasteiger partial charge in [-0.2, -0.15) is 0 Å². The number of aliphatic imine (C=N–C) groups is 1. The van der Waals surface area contributed by atoms with E-state index in [0.717, 1.165) is 12.8 Å². The SMILES string of the molecule is CCC/C=C\N=C(N)C(C)(C)C. The van der Waals surface area contributed by atoms with Crippen LogP contribution in [-0.2, 0) is 0 Å². The van der Waals surface area contributed by atoms with Crippen LogP contribution in [0.5, 0.6) is 0 Å². The Hall–Kier alpha value is -0.790. The number of hydrogen-bond donors (Lipinski definition) is 1. The molecule has 12 heavy (non-hydrogen) atoms. The summed E-state index contributed by atoms with van der Waals surface area (Å²) < 4.78 is 0. The van der Waals surface area contributed by atoms with Crippen LogP contribution in [0.15, 0.2) is 17.3 Å². The molecule has 0 amide bonds. The Morgan fingerprint density at radius 2 is 2.00 bits per heavy atom. The maximum atomic E-state index is 5.73. The van der Waals surface area contributed by atoms with Crippen LogP contribution in [0.2, 0.25) is 0 Å². The van der Waals surface area contributed by atoms with Crippen LogP contribution in [0.25, 0.3) is 0 Å². The lowest BCUT2D eigenvalue weighted by atomic mass is 9.95. The minimum atomic E-state index is -0.0173. The number of hydrogen-bond acceptors (Lipinski definition) is 1. The van der Waals surface area contributed by atoms with E-state index in [1.54, 1.807) is 6.20 Å². The highest BCUT2D eigenvalue weighted by Gasteiger charge is 2.13. The normalized spacial score (nSPS) is 14.2. The van der Waals surface area contributed by atoms with Crippen molar-refractivity contribution in [1.82, 2.24) is 0 Å². The van der Waals surface area contributed by atoms with Gasteiger partial charge in [-0.1, -0.05) is 40.2 Å². The minimum Gasteiger partial charge on any atom is -0.387 e. The Morgan fingerprint density at radius 3 is 2.42 bits per heavy atom. The van der Waals surface area contributed by atoms with Gasteiger partial charge in [0.05, 0.1) is 0 Å². The molecular weight excluding hydrogens is 148 g/mol. The van der Waals surface area contributed by atoms with Crippen molar-refractivity contribution in [2.45, 2.75) is 40.5 Å². The van der Waals surface area contributed by atoms with Crippen LogP contribution in [0.4, 0.5) is 0 Å². The van der Waals surface area contributed by atoms with Crippen LogP contribution in [0.3, 0.4) is 0 Å². The van der Waals surface area contributed by atoms with Gasteiger partial charge in [-0.15, -0.1) is 0 Å². The molecule has 0 aromatic heterocycles. The molecule has 0 fully saturated rings. The molecule has 70 valence electrons. The molecule has 0 saturated heterocycles. The lowest BCUT2D eigenvalue weighted by Gasteiger charge is -2.16. The van der Waals surface area contributed by atoms with Gasteiger partial charge in [0.1, 0.15) is 5.84 Å². The van der Waals surface area contributed by atoms with Gasteiger partial charge in [-0.25, -0.2) is 4.99 Å². The number of nitrogens with two attached hydrogens (primary N) is 1. The van der Waals surface area contributed by atoms with E-state index in [1.165, 1.54) is 0 Å². The van der Waals surface area contributed by atoms with E-state index in [0.29, 0.717) is 5.84 Å². The topological polar surface area (TPSA) is 38.4 Å². The zero-order valence-electron chi connectivity index (χ0n) is 8.59. The Balaban J connectivity index is 4.01. The van der Waals surface area contributed by atoms with Crippen molar-refractivity contribution in [3.05, 3.63) is 12.3 Å². The van der Waals surface area contributed by atoms with E-state index < -0.39 is 0 Å². The van der Waals surface area contributed by atoms with Crippen LogP contribution >= 0.6 is 0 Å². The highest BCUT2D eigenvalue weighted by atomic mass is 14.9. The Labute approximate surface area is 75.6 Å². The van der Waals surface area contributed by atoms with Gasteiger partial charge in [0.2, 0.25) is 0 Å². The van der Waals surface area contributed by atoms with Crippen LogP contribution in [-0.4, -0.2) is 5.84 Å². The predicted molar refractivity (Wildman–Crippen MR) is 55.1 cm³/mol. The summed E-state index contributed by atoms with van der Waals surface area (Å²) in [5.41, 5.74) is 5.71. The summed E-state index contributed by atoms with van der Waals surface area (Å²) in [5, 5.41) is 0. The van der Waals surface area contributed by atoms with Gasteiger partial charge in [0, 0.05) is 11.6 Å². The molecule has 2 N–H and O–H groups in total. The molecule has 0 spiro atoms. The zero-order valence-corrected chi connectivity index (χ0v) is 8.59. The second-order valence-electron chi connectivity index (χ2n) is 3.94. The molecule has 0 unspecified atom stereocenters. The molecule has 2 heteroatoms. The van der Waals surface area contributed by atoms with E-state index in [4.69, 9.17) is 5.73 Å². The molecule has 0 aromatic rings. The second kappa shape index (κ2) is 4.96. The molecular formula is C10H20N2. The van der Waals surface area contributed by atoms with Crippen molar-refractivity contribution in [1.29, 1.82) is 0 Å². The summed E-state index contributed by atoms with van der Waals surface area (Å²) in [4.78, 5) is 4.15. The Morgan fingerprint density at radius 1 is 1.42 bits per heavy atom. The van der Waals surface area contributed by atoms with E-state index in [1.807, 2.05) is 6.08 Å². The number of unbranched alkanes of at least 4 members (excludes halogenated alkanes) is 1. The maximum absolute atomic E-state index is 5.73. The molecule has 0 aliphatic heterocycles. The molecule has 0 aliphatic rings. The largest absolute Gasteiger partial charge is 0.387 e. The highest BCUT2D eigenvalue weighted by Crippen LogP contribution is 2.12. The standard InChI is InChI=1S/C10H20N2/c1-5-6-7-8-12-9(11)10(2,3)4/h7-8H,5-6H2,1-4H3,(H2,11,12)/b8-7-. The Bertz CT molecular complexity index is 173. The second-order valence-corrected chi connectivity index (χ2v) is 3.94. The summed E-state index contributed by atoms with van der Waals surface area (Å²) in [7, 11) is 0. The van der Waals surface area contributed by atoms with E-state index in [9.17, 15) is 0 Å². The fourth-order valence-electron chi connectivity index (χ4n) is 0.568. The van der Waals surface area contributed by atoms with Gasteiger partial charge in [-0.3, -0.25) is 0 Å². The van der Waals surface area contributed by atoms with Crippen LogP contribution in [0.1, 0.15) is 40.5 Å². The first-order valence-corrected chi connectivity index (χ1v) is 4.47. The minimum absolute atomic E-state index is 0.0173. The third-order valence-corrected chi connectivity index (χ3v) is 1.54. The third kappa shape index (κ3) is 4.94. The number of amidine groups is 1. The van der Waals surface area contributed by atoms with Gasteiger partial charge in [-0.05, 0) is 6.42 Å². The lowest BCUT2D eigenvalue weighted by Crippen LogP contribution is -2.28. The molecule has 0 atom stereocenters. The molecule has 0 bridgehead atoms. The summed E-state index contributed by atoms with van der Waals surface area (Å²) >= 11 is 0. The smallest absolute Gasteiger partial charge is 0.104 e. The van der Waals surface area contributed by atoms with Crippen molar-refractivity contribution >= 4 is 5.84 Å².